The maximum Gasteiger partial charge on any atom is 0.0370 e. The highest BCUT2D eigenvalue weighted by atomic mass is 32.1. The molecule has 0 aliphatic carbocycles. The average molecular weight is 719 g/mol. The molecular weight excluding hydrogens is 689 g/mol. The zero-order valence-corrected chi connectivity index (χ0v) is 30.8. The van der Waals surface area contributed by atoms with Crippen LogP contribution >= 0.6 is 22.7 Å². The molecule has 0 spiro atoms. The van der Waals surface area contributed by atoms with E-state index >= 15 is 0 Å². The molecule has 0 N–H and O–H groups in total. The molecule has 250 valence electrons. The molecule has 12 aromatic rings. The Morgan fingerprint density at radius 3 is 1.54 bits per heavy atom. The van der Waals surface area contributed by atoms with Gasteiger partial charge < -0.3 is 0 Å². The summed E-state index contributed by atoms with van der Waals surface area (Å²) < 4.78 is 5.40. The van der Waals surface area contributed by atoms with Crippen molar-refractivity contribution in [3.05, 3.63) is 182 Å². The van der Waals surface area contributed by atoms with Gasteiger partial charge in [-0.2, -0.15) is 0 Å². The van der Waals surface area contributed by atoms with Crippen molar-refractivity contribution < 1.29 is 0 Å². The number of hydrogen-bond donors (Lipinski definition) is 0. The summed E-state index contributed by atoms with van der Waals surface area (Å²) in [4.78, 5) is 0. The van der Waals surface area contributed by atoms with Crippen LogP contribution in [-0.4, -0.2) is 0 Å². The van der Waals surface area contributed by atoms with Crippen LogP contribution in [0.1, 0.15) is 0 Å². The maximum absolute atomic E-state index is 2.47. The molecule has 2 heteroatoms. The third kappa shape index (κ3) is 4.36. The molecule has 0 saturated carbocycles. The van der Waals surface area contributed by atoms with Gasteiger partial charge in [0.15, 0.2) is 0 Å². The lowest BCUT2D eigenvalue weighted by molar-refractivity contribution is 1.66. The van der Waals surface area contributed by atoms with E-state index in [-0.39, 0.29) is 0 Å². The van der Waals surface area contributed by atoms with Crippen molar-refractivity contribution in [2.45, 2.75) is 0 Å². The van der Waals surface area contributed by atoms with Crippen LogP contribution in [0.3, 0.4) is 0 Å². The number of rotatable bonds is 3. The van der Waals surface area contributed by atoms with Crippen LogP contribution in [0.15, 0.2) is 182 Å². The summed E-state index contributed by atoms with van der Waals surface area (Å²) in [5.74, 6) is 0. The minimum Gasteiger partial charge on any atom is -0.135 e. The lowest BCUT2D eigenvalue weighted by Crippen LogP contribution is -1.92. The number of hydrogen-bond acceptors (Lipinski definition) is 2. The molecule has 0 radical (unpaired) electrons. The van der Waals surface area contributed by atoms with Crippen LogP contribution in [0.4, 0.5) is 0 Å². The molecule has 0 aliphatic rings. The first-order valence-electron chi connectivity index (χ1n) is 18.5. The molecule has 0 nitrogen and oxygen atoms in total. The first-order chi connectivity index (χ1) is 26.8. The summed E-state index contributed by atoms with van der Waals surface area (Å²) in [6.07, 6.45) is 0. The molecule has 0 bridgehead atoms. The van der Waals surface area contributed by atoms with Gasteiger partial charge in [-0.25, -0.2) is 0 Å². The molecule has 2 heterocycles. The summed E-state index contributed by atoms with van der Waals surface area (Å²) >= 11 is 3.82. The van der Waals surface area contributed by atoms with Crippen LogP contribution in [0.5, 0.6) is 0 Å². The van der Waals surface area contributed by atoms with E-state index in [4.69, 9.17) is 0 Å². The smallest absolute Gasteiger partial charge is 0.0370 e. The van der Waals surface area contributed by atoms with E-state index in [0.717, 1.165) is 0 Å². The summed E-state index contributed by atoms with van der Waals surface area (Å²) in [5.41, 5.74) is 7.61. The minimum absolute atomic E-state index is 1.24. The van der Waals surface area contributed by atoms with Crippen LogP contribution in [0, 0.1) is 0 Å². The van der Waals surface area contributed by atoms with E-state index in [1.54, 1.807) is 0 Å². The van der Waals surface area contributed by atoms with Gasteiger partial charge in [0.2, 0.25) is 0 Å². The van der Waals surface area contributed by atoms with Crippen molar-refractivity contribution in [1.82, 2.24) is 0 Å². The molecule has 54 heavy (non-hydrogen) atoms. The van der Waals surface area contributed by atoms with Crippen molar-refractivity contribution in [2.24, 2.45) is 0 Å². The highest BCUT2D eigenvalue weighted by molar-refractivity contribution is 7.28. The molecular formula is C52H30S2. The number of thiophene rings is 2. The van der Waals surface area contributed by atoms with Crippen LogP contribution in [-0.2, 0) is 0 Å². The van der Waals surface area contributed by atoms with E-state index in [2.05, 4.69) is 182 Å². The van der Waals surface area contributed by atoms with Crippen molar-refractivity contribution in [3.8, 4) is 33.4 Å². The number of benzene rings is 10. The fourth-order valence-electron chi connectivity index (χ4n) is 9.09. The van der Waals surface area contributed by atoms with Gasteiger partial charge in [0.1, 0.15) is 0 Å². The summed E-state index contributed by atoms with van der Waals surface area (Å²) in [6.45, 7) is 0. The molecule has 0 amide bonds. The summed E-state index contributed by atoms with van der Waals surface area (Å²) in [7, 11) is 0. The second-order valence-corrected chi connectivity index (χ2v) is 16.5. The Bertz CT molecular complexity index is 3430. The number of fused-ring (bicyclic) bond motifs is 11. The Morgan fingerprint density at radius 1 is 0.259 bits per heavy atom. The van der Waals surface area contributed by atoms with E-state index in [0.29, 0.717) is 0 Å². The molecule has 0 unspecified atom stereocenters. The van der Waals surface area contributed by atoms with Gasteiger partial charge in [0.25, 0.3) is 0 Å². The Balaban J connectivity index is 1.09. The van der Waals surface area contributed by atoms with Gasteiger partial charge in [0, 0.05) is 40.3 Å². The van der Waals surface area contributed by atoms with Gasteiger partial charge in [-0.05, 0) is 107 Å². The molecule has 12 rings (SSSR count). The van der Waals surface area contributed by atoms with Gasteiger partial charge in [-0.15, -0.1) is 22.7 Å². The van der Waals surface area contributed by atoms with E-state index in [9.17, 15) is 0 Å². The van der Waals surface area contributed by atoms with E-state index < -0.39 is 0 Å². The van der Waals surface area contributed by atoms with Crippen molar-refractivity contribution in [3.63, 3.8) is 0 Å². The third-order valence-corrected chi connectivity index (χ3v) is 13.7. The average Bonchev–Trinajstić information content (AvgIpc) is 3.79. The minimum atomic E-state index is 1.24. The van der Waals surface area contributed by atoms with Crippen LogP contribution in [0.2, 0.25) is 0 Å². The van der Waals surface area contributed by atoms with Crippen molar-refractivity contribution in [2.75, 3.05) is 0 Å². The molecule has 0 fully saturated rings. The first-order valence-corrected chi connectivity index (χ1v) is 20.1. The predicted molar refractivity (Wildman–Crippen MR) is 239 cm³/mol. The monoisotopic (exact) mass is 718 g/mol. The second kappa shape index (κ2) is 11.6. The van der Waals surface area contributed by atoms with Crippen LogP contribution < -0.4 is 0 Å². The Morgan fingerprint density at radius 2 is 0.796 bits per heavy atom. The van der Waals surface area contributed by atoms with Gasteiger partial charge in [-0.3, -0.25) is 0 Å². The van der Waals surface area contributed by atoms with Gasteiger partial charge in [0.05, 0.1) is 0 Å². The molecule has 0 saturated heterocycles. The third-order valence-electron chi connectivity index (χ3n) is 11.4. The Hall–Kier alpha value is -6.32. The summed E-state index contributed by atoms with van der Waals surface area (Å²) in [5, 5.41) is 15.7. The molecule has 0 aliphatic heterocycles. The first kappa shape index (κ1) is 30.2. The highest BCUT2D eigenvalue weighted by Crippen LogP contribution is 2.48. The zero-order chi connectivity index (χ0) is 35.3. The fraction of sp³-hybridized carbons (Fsp3) is 0. The molecule has 0 atom stereocenters. The summed E-state index contributed by atoms with van der Waals surface area (Å²) in [6, 6.07) is 67.8. The van der Waals surface area contributed by atoms with Crippen molar-refractivity contribution in [1.29, 1.82) is 0 Å². The zero-order valence-electron chi connectivity index (χ0n) is 29.1. The highest BCUT2D eigenvalue weighted by Gasteiger charge is 2.20. The fourth-order valence-corrected chi connectivity index (χ4v) is 11.4. The maximum atomic E-state index is 2.47. The lowest BCUT2D eigenvalue weighted by Gasteiger charge is -2.19. The Kier molecular flexibility index (Phi) is 6.48. The lowest BCUT2D eigenvalue weighted by atomic mass is 9.84. The van der Waals surface area contributed by atoms with E-state index in [1.165, 1.54) is 117 Å². The predicted octanol–water partition coefficient (Wildman–Crippen LogP) is 16.0. The van der Waals surface area contributed by atoms with Crippen LogP contribution in [0.25, 0.3) is 117 Å². The van der Waals surface area contributed by atoms with Gasteiger partial charge in [-0.1, -0.05) is 152 Å². The van der Waals surface area contributed by atoms with Crippen molar-refractivity contribution >= 4 is 106 Å². The normalized spacial score (nSPS) is 12.1. The van der Waals surface area contributed by atoms with Gasteiger partial charge >= 0.3 is 0 Å². The largest absolute Gasteiger partial charge is 0.135 e. The molecule has 2 aromatic heterocycles. The molecule has 10 aromatic carbocycles. The SMILES string of the molecule is c1ccc(-c2c3ccccc3c(-c3ccc(-c4ccc5sc6cc7sc8ccc9ccccc9c8c7cc6c5c4)c4ccccc34)c3ccccc23)cc1. The topological polar surface area (TPSA) is 0 Å². The quantitative estimate of drug-likeness (QED) is 0.160. The second-order valence-electron chi connectivity index (χ2n) is 14.3. The standard InChI is InChI=1S/C52H30S2/c1-2-13-32(14-3-1)50-38-18-8-10-20-40(38)51(41-21-11-9-19-39(41)50)42-25-24-34(36-16-6-7-17-37(36)42)33-23-26-46-43(28-33)44-29-45-49(30-48(44)53-46)54-47-27-22-31-12-4-5-15-35(31)52(45)47/h1-30H. The van der Waals surface area contributed by atoms with E-state index in [1.807, 2.05) is 22.7 Å². The Labute approximate surface area is 319 Å².